The highest BCUT2D eigenvalue weighted by Crippen LogP contribution is 2.27. The molecule has 2 heterocycles. The number of aromatic nitrogens is 3. The molecule has 0 atom stereocenters. The summed E-state index contributed by atoms with van der Waals surface area (Å²) in [6.45, 7) is 2.07. The minimum absolute atomic E-state index is 0.367. The van der Waals surface area contributed by atoms with Gasteiger partial charge in [0.2, 0.25) is 0 Å². The van der Waals surface area contributed by atoms with Crippen molar-refractivity contribution in [3.63, 3.8) is 0 Å². The molecule has 0 spiro atoms. The van der Waals surface area contributed by atoms with Crippen molar-refractivity contribution < 1.29 is 9.53 Å². The van der Waals surface area contributed by atoms with Gasteiger partial charge in [-0.1, -0.05) is 18.2 Å². The largest absolute Gasteiger partial charge is 0.465 e. The van der Waals surface area contributed by atoms with Crippen molar-refractivity contribution in [1.29, 1.82) is 0 Å². The van der Waals surface area contributed by atoms with Crippen LogP contribution in [0.1, 0.15) is 27.0 Å². The summed E-state index contributed by atoms with van der Waals surface area (Å²) in [6, 6.07) is 15.9. The smallest absolute Gasteiger partial charge is 0.340 e. The normalized spacial score (nSPS) is 10.9. The van der Waals surface area contributed by atoms with E-state index in [0.717, 1.165) is 34.2 Å². The van der Waals surface area contributed by atoms with Gasteiger partial charge in [0.1, 0.15) is 0 Å². The molecule has 0 aliphatic heterocycles. The third-order valence-corrected chi connectivity index (χ3v) is 4.77. The number of pyridine rings is 1. The average molecular weight is 357 g/mol. The van der Waals surface area contributed by atoms with Gasteiger partial charge in [0, 0.05) is 24.0 Å². The number of hydrogen-bond acceptors (Lipinski definition) is 4. The van der Waals surface area contributed by atoms with Crippen LogP contribution in [0.4, 0.5) is 0 Å². The number of rotatable bonds is 4. The minimum atomic E-state index is -0.367. The van der Waals surface area contributed by atoms with E-state index in [-0.39, 0.29) is 5.97 Å². The van der Waals surface area contributed by atoms with Crippen LogP contribution in [0.25, 0.3) is 16.6 Å². The molecule has 0 aliphatic carbocycles. The fraction of sp³-hybridized carbons (Fsp3) is 0.136. The molecule has 0 amide bonds. The molecule has 0 fully saturated rings. The summed E-state index contributed by atoms with van der Waals surface area (Å²) in [5.41, 5.74) is 5.57. The van der Waals surface area contributed by atoms with Gasteiger partial charge in [-0.2, -0.15) is 5.10 Å². The number of fused-ring (bicyclic) bond motifs is 1. The molecule has 5 nitrogen and oxygen atoms in total. The molecule has 2 aromatic heterocycles. The maximum Gasteiger partial charge on any atom is 0.340 e. The number of aryl methyl sites for hydroxylation is 1. The fourth-order valence-electron chi connectivity index (χ4n) is 3.30. The molecule has 0 bridgehead atoms. The van der Waals surface area contributed by atoms with Gasteiger partial charge in [-0.3, -0.25) is 4.98 Å². The quantitative estimate of drug-likeness (QED) is 0.516. The second-order valence-corrected chi connectivity index (χ2v) is 6.39. The van der Waals surface area contributed by atoms with E-state index in [0.29, 0.717) is 11.1 Å². The standard InChI is InChI=1S/C22H19N3O2/c1-15-17(13-16-6-8-18(9-7-16)25-12-4-11-24-25)14-20(22(26)27-2)21-19(15)5-3-10-23-21/h3-12,14H,13H2,1-2H3. The summed E-state index contributed by atoms with van der Waals surface area (Å²) in [4.78, 5) is 16.6. The molecule has 27 heavy (non-hydrogen) atoms. The first-order valence-electron chi connectivity index (χ1n) is 8.72. The van der Waals surface area contributed by atoms with Gasteiger partial charge in [0.15, 0.2) is 0 Å². The highest BCUT2D eigenvalue weighted by atomic mass is 16.5. The van der Waals surface area contributed by atoms with E-state index in [1.165, 1.54) is 7.11 Å². The zero-order chi connectivity index (χ0) is 18.8. The van der Waals surface area contributed by atoms with E-state index in [1.807, 2.05) is 47.3 Å². The minimum Gasteiger partial charge on any atom is -0.465 e. The van der Waals surface area contributed by atoms with Crippen molar-refractivity contribution in [3.8, 4) is 5.69 Å². The third-order valence-electron chi connectivity index (χ3n) is 4.77. The van der Waals surface area contributed by atoms with Crippen molar-refractivity contribution >= 4 is 16.9 Å². The topological polar surface area (TPSA) is 57.0 Å². The molecular formula is C22H19N3O2. The first kappa shape index (κ1) is 17.0. The number of methoxy groups -OCH3 is 1. The van der Waals surface area contributed by atoms with Crippen LogP contribution in [0.3, 0.4) is 0 Å². The van der Waals surface area contributed by atoms with Gasteiger partial charge in [-0.25, -0.2) is 9.48 Å². The number of benzene rings is 2. The Balaban J connectivity index is 1.73. The van der Waals surface area contributed by atoms with Gasteiger partial charge in [-0.15, -0.1) is 0 Å². The SMILES string of the molecule is COC(=O)c1cc(Cc2ccc(-n3cccn3)cc2)c(C)c2cccnc12. The van der Waals surface area contributed by atoms with Crippen LogP contribution >= 0.6 is 0 Å². The van der Waals surface area contributed by atoms with Crippen LogP contribution < -0.4 is 0 Å². The third kappa shape index (κ3) is 3.19. The Morgan fingerprint density at radius 3 is 2.63 bits per heavy atom. The van der Waals surface area contributed by atoms with Gasteiger partial charge < -0.3 is 4.74 Å². The second-order valence-electron chi connectivity index (χ2n) is 6.39. The van der Waals surface area contributed by atoms with E-state index in [1.54, 1.807) is 12.4 Å². The highest BCUT2D eigenvalue weighted by Gasteiger charge is 2.16. The van der Waals surface area contributed by atoms with Crippen molar-refractivity contribution in [2.45, 2.75) is 13.3 Å². The fourth-order valence-corrected chi connectivity index (χ4v) is 3.30. The van der Waals surface area contributed by atoms with Crippen LogP contribution in [0, 0.1) is 6.92 Å². The van der Waals surface area contributed by atoms with E-state index < -0.39 is 0 Å². The van der Waals surface area contributed by atoms with E-state index in [2.05, 4.69) is 29.1 Å². The van der Waals surface area contributed by atoms with Crippen molar-refractivity contribution in [2.24, 2.45) is 0 Å². The zero-order valence-corrected chi connectivity index (χ0v) is 15.2. The van der Waals surface area contributed by atoms with Crippen LogP contribution in [-0.2, 0) is 11.2 Å². The Morgan fingerprint density at radius 1 is 1.11 bits per heavy atom. The Hall–Kier alpha value is -3.47. The predicted molar refractivity (Wildman–Crippen MR) is 104 cm³/mol. The van der Waals surface area contributed by atoms with Gasteiger partial charge in [-0.05, 0) is 60.4 Å². The summed E-state index contributed by atoms with van der Waals surface area (Å²) in [6.07, 6.45) is 6.09. The molecule has 0 unspecified atom stereocenters. The Labute approximate surface area is 157 Å². The number of carbonyl (C=O) groups excluding carboxylic acids is 1. The number of hydrogen-bond donors (Lipinski definition) is 0. The van der Waals surface area contributed by atoms with Crippen molar-refractivity contribution in [1.82, 2.24) is 14.8 Å². The van der Waals surface area contributed by atoms with Crippen LogP contribution in [0.15, 0.2) is 67.1 Å². The van der Waals surface area contributed by atoms with Crippen LogP contribution in [0.5, 0.6) is 0 Å². The number of ether oxygens (including phenoxy) is 1. The van der Waals surface area contributed by atoms with Crippen molar-refractivity contribution in [2.75, 3.05) is 7.11 Å². The molecule has 0 saturated carbocycles. The van der Waals surface area contributed by atoms with Crippen LogP contribution in [0.2, 0.25) is 0 Å². The van der Waals surface area contributed by atoms with E-state index in [9.17, 15) is 4.79 Å². The summed E-state index contributed by atoms with van der Waals surface area (Å²) in [5.74, 6) is -0.367. The summed E-state index contributed by atoms with van der Waals surface area (Å²) in [7, 11) is 1.39. The molecule has 134 valence electrons. The maximum absolute atomic E-state index is 12.2. The van der Waals surface area contributed by atoms with Crippen molar-refractivity contribution in [3.05, 3.63) is 89.4 Å². The van der Waals surface area contributed by atoms with Crippen LogP contribution in [-0.4, -0.2) is 27.8 Å². The lowest BCUT2D eigenvalue weighted by atomic mass is 9.94. The maximum atomic E-state index is 12.2. The monoisotopic (exact) mass is 357 g/mol. The molecule has 4 rings (SSSR count). The molecule has 4 aromatic rings. The van der Waals surface area contributed by atoms with Gasteiger partial charge in [0.25, 0.3) is 0 Å². The Morgan fingerprint density at radius 2 is 1.93 bits per heavy atom. The second kappa shape index (κ2) is 7.03. The summed E-state index contributed by atoms with van der Waals surface area (Å²) < 4.78 is 6.78. The molecule has 0 aliphatic rings. The number of carbonyl (C=O) groups is 1. The van der Waals surface area contributed by atoms with Gasteiger partial charge in [0.05, 0.1) is 23.9 Å². The first-order valence-corrected chi connectivity index (χ1v) is 8.72. The molecule has 5 heteroatoms. The average Bonchev–Trinajstić information content (AvgIpc) is 3.25. The van der Waals surface area contributed by atoms with Gasteiger partial charge >= 0.3 is 5.97 Å². The molecule has 0 saturated heterocycles. The molecule has 0 N–H and O–H groups in total. The number of esters is 1. The molecule has 0 radical (unpaired) electrons. The molecular weight excluding hydrogens is 338 g/mol. The summed E-state index contributed by atoms with van der Waals surface area (Å²) >= 11 is 0. The first-order chi connectivity index (χ1) is 13.2. The Kier molecular flexibility index (Phi) is 4.42. The lowest BCUT2D eigenvalue weighted by Gasteiger charge is -2.13. The summed E-state index contributed by atoms with van der Waals surface area (Å²) in [5, 5.41) is 5.22. The molecule has 2 aromatic carbocycles. The highest BCUT2D eigenvalue weighted by molar-refractivity contribution is 6.04. The number of nitrogens with zero attached hydrogens (tertiary/aromatic N) is 3. The lowest BCUT2D eigenvalue weighted by Crippen LogP contribution is -2.06. The predicted octanol–water partition coefficient (Wildman–Crippen LogP) is 4.11. The van der Waals surface area contributed by atoms with E-state index >= 15 is 0 Å². The zero-order valence-electron chi connectivity index (χ0n) is 15.2. The van der Waals surface area contributed by atoms with E-state index in [4.69, 9.17) is 4.74 Å². The lowest BCUT2D eigenvalue weighted by molar-refractivity contribution is 0.0602. The Bertz CT molecular complexity index is 1100.